The molecule has 0 saturated carbocycles. The predicted octanol–water partition coefficient (Wildman–Crippen LogP) is 0.961. The van der Waals surface area contributed by atoms with Crippen LogP contribution in [0.15, 0.2) is 17.4 Å². The van der Waals surface area contributed by atoms with Crippen LogP contribution in [0.5, 0.6) is 0 Å². The van der Waals surface area contributed by atoms with Crippen LogP contribution in [0.2, 0.25) is 0 Å². The molecule has 2 N–H and O–H groups in total. The van der Waals surface area contributed by atoms with Crippen LogP contribution in [0.25, 0.3) is 0 Å². The zero-order valence-corrected chi connectivity index (χ0v) is 15.0. The van der Waals surface area contributed by atoms with Gasteiger partial charge in [-0.25, -0.2) is 0 Å². The summed E-state index contributed by atoms with van der Waals surface area (Å²) in [7, 11) is 3.74. The first-order valence-corrected chi connectivity index (χ1v) is 8.85. The molecule has 1 aliphatic rings. The quantitative estimate of drug-likeness (QED) is 0.378. The third-order valence-corrected chi connectivity index (χ3v) is 4.05. The molecular formula is C17H31N5O2. The van der Waals surface area contributed by atoms with E-state index >= 15 is 0 Å². The molecule has 1 unspecified atom stereocenters. The summed E-state index contributed by atoms with van der Waals surface area (Å²) in [6.45, 7) is 5.10. The summed E-state index contributed by atoms with van der Waals surface area (Å²) in [5, 5.41) is 10.8. The highest BCUT2D eigenvalue weighted by atomic mass is 16.5. The van der Waals surface area contributed by atoms with Gasteiger partial charge in [0.2, 0.25) is 0 Å². The summed E-state index contributed by atoms with van der Waals surface area (Å²) in [6, 6.07) is 0. The second-order valence-electron chi connectivity index (χ2n) is 6.21. The fraction of sp³-hybridized carbons (Fsp3) is 0.765. The maximum absolute atomic E-state index is 5.69. The summed E-state index contributed by atoms with van der Waals surface area (Å²) in [6.07, 6.45) is 8.17. The lowest BCUT2D eigenvalue weighted by atomic mass is 10.1. The molecule has 0 spiro atoms. The number of ether oxygens (including phenoxy) is 2. The Hall–Kier alpha value is -1.60. The van der Waals surface area contributed by atoms with Crippen LogP contribution in [-0.4, -0.2) is 62.3 Å². The molecule has 7 heteroatoms. The van der Waals surface area contributed by atoms with Gasteiger partial charge < -0.3 is 20.1 Å². The van der Waals surface area contributed by atoms with Gasteiger partial charge in [-0.2, -0.15) is 5.10 Å². The minimum atomic E-state index is 0.590. The predicted molar refractivity (Wildman–Crippen MR) is 95.3 cm³/mol. The van der Waals surface area contributed by atoms with Crippen molar-refractivity contribution in [2.75, 3.05) is 46.6 Å². The van der Waals surface area contributed by atoms with Crippen LogP contribution in [0.3, 0.4) is 0 Å². The Bertz CT molecular complexity index is 483. The number of hydrogen-bond donors (Lipinski definition) is 2. The molecule has 0 aliphatic carbocycles. The number of rotatable bonds is 10. The minimum Gasteiger partial charge on any atom is -0.381 e. The monoisotopic (exact) mass is 337 g/mol. The van der Waals surface area contributed by atoms with E-state index in [0.29, 0.717) is 5.92 Å². The third-order valence-electron chi connectivity index (χ3n) is 4.05. The summed E-state index contributed by atoms with van der Waals surface area (Å²) in [5.74, 6) is 1.44. The van der Waals surface area contributed by atoms with Crippen molar-refractivity contribution < 1.29 is 9.47 Å². The van der Waals surface area contributed by atoms with Crippen LogP contribution < -0.4 is 10.6 Å². The molecule has 1 atom stereocenters. The van der Waals surface area contributed by atoms with Gasteiger partial charge in [0.15, 0.2) is 5.96 Å². The van der Waals surface area contributed by atoms with E-state index < -0.39 is 0 Å². The minimum absolute atomic E-state index is 0.590. The molecule has 0 aromatic carbocycles. The Morgan fingerprint density at radius 2 is 2.25 bits per heavy atom. The molecule has 2 heterocycles. The van der Waals surface area contributed by atoms with Gasteiger partial charge in [0.1, 0.15) is 0 Å². The van der Waals surface area contributed by atoms with E-state index in [1.54, 1.807) is 7.05 Å². The molecule has 0 amide bonds. The average Bonchev–Trinajstić information content (AvgIpc) is 3.24. The molecule has 136 valence electrons. The molecule has 0 radical (unpaired) electrons. The Morgan fingerprint density at radius 1 is 1.42 bits per heavy atom. The Labute approximate surface area is 144 Å². The zero-order valence-electron chi connectivity index (χ0n) is 15.0. The van der Waals surface area contributed by atoms with Crippen LogP contribution in [0.4, 0.5) is 0 Å². The summed E-state index contributed by atoms with van der Waals surface area (Å²) >= 11 is 0. The molecule has 1 fully saturated rings. The second kappa shape index (κ2) is 11.0. The fourth-order valence-electron chi connectivity index (χ4n) is 2.67. The van der Waals surface area contributed by atoms with E-state index in [9.17, 15) is 0 Å². The fourth-order valence-corrected chi connectivity index (χ4v) is 2.67. The first-order valence-electron chi connectivity index (χ1n) is 8.85. The highest BCUT2D eigenvalue weighted by molar-refractivity contribution is 5.79. The number of aliphatic imine (C=N–C) groups is 1. The molecule has 7 nitrogen and oxygen atoms in total. The van der Waals surface area contributed by atoms with E-state index in [0.717, 1.165) is 71.2 Å². The molecular weight excluding hydrogens is 306 g/mol. The molecule has 0 bridgehead atoms. The Kier molecular flexibility index (Phi) is 8.62. The van der Waals surface area contributed by atoms with E-state index in [2.05, 4.69) is 26.9 Å². The van der Waals surface area contributed by atoms with Crippen molar-refractivity contribution in [3.05, 3.63) is 18.0 Å². The molecule has 2 rings (SSSR count). The number of guanidine groups is 1. The largest absolute Gasteiger partial charge is 0.381 e. The van der Waals surface area contributed by atoms with Crippen molar-refractivity contribution in [1.29, 1.82) is 0 Å². The van der Waals surface area contributed by atoms with Gasteiger partial charge in [0.05, 0.1) is 19.4 Å². The summed E-state index contributed by atoms with van der Waals surface area (Å²) < 4.78 is 12.9. The highest BCUT2D eigenvalue weighted by Gasteiger charge is 2.15. The Morgan fingerprint density at radius 3 is 2.92 bits per heavy atom. The number of nitrogens with zero attached hydrogens (tertiary/aromatic N) is 3. The maximum Gasteiger partial charge on any atom is 0.190 e. The summed E-state index contributed by atoms with van der Waals surface area (Å²) in [5.41, 5.74) is 1.27. The molecule has 24 heavy (non-hydrogen) atoms. The van der Waals surface area contributed by atoms with Crippen LogP contribution >= 0.6 is 0 Å². The van der Waals surface area contributed by atoms with Crippen LogP contribution in [0, 0.1) is 5.92 Å². The average molecular weight is 337 g/mol. The maximum atomic E-state index is 5.69. The topological polar surface area (TPSA) is 72.7 Å². The van der Waals surface area contributed by atoms with E-state index in [1.165, 1.54) is 5.56 Å². The van der Waals surface area contributed by atoms with Crippen LogP contribution in [-0.2, 0) is 22.9 Å². The Balaban J connectivity index is 1.44. The molecule has 1 aromatic rings. The first-order chi connectivity index (χ1) is 11.8. The smallest absolute Gasteiger partial charge is 0.190 e. The molecule has 1 aromatic heterocycles. The SMILES string of the molecule is CN=C(NCCCOCC1CCOC1)NCCCc1cnn(C)c1. The van der Waals surface area contributed by atoms with Crippen molar-refractivity contribution in [3.8, 4) is 0 Å². The van der Waals surface area contributed by atoms with Gasteiger partial charge >= 0.3 is 0 Å². The number of hydrogen-bond acceptors (Lipinski definition) is 4. The van der Waals surface area contributed by atoms with Crippen molar-refractivity contribution >= 4 is 5.96 Å². The van der Waals surface area contributed by atoms with Gasteiger partial charge in [-0.3, -0.25) is 9.67 Å². The second-order valence-corrected chi connectivity index (χ2v) is 6.21. The van der Waals surface area contributed by atoms with Crippen molar-refractivity contribution in [2.45, 2.75) is 25.7 Å². The van der Waals surface area contributed by atoms with Gasteiger partial charge in [0, 0.05) is 52.5 Å². The van der Waals surface area contributed by atoms with Crippen molar-refractivity contribution in [3.63, 3.8) is 0 Å². The van der Waals surface area contributed by atoms with E-state index in [1.807, 2.05) is 17.9 Å². The zero-order chi connectivity index (χ0) is 17.0. The molecule has 1 aliphatic heterocycles. The van der Waals surface area contributed by atoms with E-state index in [4.69, 9.17) is 9.47 Å². The first kappa shape index (κ1) is 18.7. The highest BCUT2D eigenvalue weighted by Crippen LogP contribution is 2.12. The third kappa shape index (κ3) is 7.31. The standard InChI is InChI=1S/C17H31N5O2/c1-18-17(19-7-3-5-15-11-21-22(2)12-15)20-8-4-9-23-13-16-6-10-24-14-16/h11-12,16H,3-10,13-14H2,1-2H3,(H2,18,19,20). The van der Waals surface area contributed by atoms with E-state index in [-0.39, 0.29) is 0 Å². The molecule has 1 saturated heterocycles. The number of aryl methyl sites for hydroxylation is 2. The van der Waals surface area contributed by atoms with Crippen molar-refractivity contribution in [1.82, 2.24) is 20.4 Å². The number of nitrogens with one attached hydrogen (secondary N) is 2. The van der Waals surface area contributed by atoms with Crippen molar-refractivity contribution in [2.24, 2.45) is 18.0 Å². The lowest BCUT2D eigenvalue weighted by Crippen LogP contribution is -2.38. The normalized spacial score (nSPS) is 18.1. The number of aromatic nitrogens is 2. The van der Waals surface area contributed by atoms with Crippen LogP contribution in [0.1, 0.15) is 24.8 Å². The lowest BCUT2D eigenvalue weighted by molar-refractivity contribution is 0.0888. The lowest BCUT2D eigenvalue weighted by Gasteiger charge is -2.12. The van der Waals surface area contributed by atoms with Gasteiger partial charge in [0.25, 0.3) is 0 Å². The van der Waals surface area contributed by atoms with Gasteiger partial charge in [-0.05, 0) is 31.2 Å². The van der Waals surface area contributed by atoms with Gasteiger partial charge in [-0.1, -0.05) is 0 Å². The van der Waals surface area contributed by atoms with Gasteiger partial charge in [-0.15, -0.1) is 0 Å². The summed E-state index contributed by atoms with van der Waals surface area (Å²) in [4.78, 5) is 4.24.